The number of carboxylic acids is 3. The monoisotopic (exact) mass is 239 g/mol. The van der Waals surface area contributed by atoms with Gasteiger partial charge in [0.15, 0.2) is 0 Å². The van der Waals surface area contributed by atoms with E-state index < -0.39 is 41.3 Å². The molecule has 0 heterocycles. The van der Waals surface area contributed by atoms with Crippen LogP contribution >= 0.6 is 11.8 Å². The van der Waals surface area contributed by atoms with Gasteiger partial charge in [-0.1, -0.05) is 0 Å². The molecule has 0 saturated carbocycles. The fourth-order valence-corrected chi connectivity index (χ4v) is 1.28. The Bertz CT molecular complexity index is 336. The molecule has 15 heavy (non-hydrogen) atoms. The zero-order valence-corrected chi connectivity index (χ0v) is 8.23. The van der Waals surface area contributed by atoms with Crippen LogP contribution in [0.5, 0.6) is 0 Å². The zero-order chi connectivity index (χ0) is 13.8. The molecule has 0 aliphatic carbocycles. The average Bonchev–Trinajstić information content (AvgIpc) is 2.14. The molecule has 2 atom stereocenters. The van der Waals surface area contributed by atoms with Crippen LogP contribution in [0.1, 0.15) is 9.16 Å². The van der Waals surface area contributed by atoms with E-state index in [9.17, 15) is 14.4 Å². The summed E-state index contributed by atoms with van der Waals surface area (Å²) < 4.78 is 14.6. The quantitative estimate of drug-likeness (QED) is 0.446. The van der Waals surface area contributed by atoms with Crippen molar-refractivity contribution in [1.82, 2.24) is 0 Å². The first-order valence-corrected chi connectivity index (χ1v) is 4.56. The molecule has 0 bridgehead atoms. The predicted molar refractivity (Wildman–Crippen MR) is 51.7 cm³/mol. The minimum atomic E-state index is -2.58. The highest BCUT2D eigenvalue weighted by Gasteiger charge is 2.23. The number of nitrogens with two attached hydrogens (primary N) is 1. The summed E-state index contributed by atoms with van der Waals surface area (Å²) >= 11 is 0.0670. The van der Waals surface area contributed by atoms with Crippen LogP contribution in [0.3, 0.4) is 0 Å². The third-order valence-electron chi connectivity index (χ3n) is 1.24. The first kappa shape index (κ1) is 10.2. The van der Waals surface area contributed by atoms with Gasteiger partial charge in [-0.05, 0) is 0 Å². The highest BCUT2D eigenvalue weighted by atomic mass is 32.2. The van der Waals surface area contributed by atoms with Crippen molar-refractivity contribution in [2.24, 2.45) is 5.73 Å². The van der Waals surface area contributed by atoms with Crippen LogP contribution in [-0.2, 0) is 14.4 Å². The molecule has 0 fully saturated rings. The number of carbonyl (C=O) groups is 3. The van der Waals surface area contributed by atoms with Gasteiger partial charge >= 0.3 is 17.9 Å². The van der Waals surface area contributed by atoms with Gasteiger partial charge in [-0.2, -0.15) is 0 Å². The van der Waals surface area contributed by atoms with Gasteiger partial charge in [0.05, 0.1) is 6.42 Å². The van der Waals surface area contributed by atoms with Crippen LogP contribution < -0.4 is 5.73 Å². The second-order valence-electron chi connectivity index (χ2n) is 2.48. The largest absolute Gasteiger partial charge is 0.481 e. The highest BCUT2D eigenvalue weighted by Crippen LogP contribution is 2.15. The summed E-state index contributed by atoms with van der Waals surface area (Å²) in [6, 6.07) is -1.94. The summed E-state index contributed by atoms with van der Waals surface area (Å²) in [4.78, 5) is 31.5. The Balaban J connectivity index is 4.80. The molecule has 86 valence electrons. The number of hydrogen-bond donors (Lipinski definition) is 4. The van der Waals surface area contributed by atoms with E-state index in [0.29, 0.717) is 0 Å². The number of rotatable bonds is 7. The number of thioether (sulfide) groups is 1. The van der Waals surface area contributed by atoms with E-state index in [0.717, 1.165) is 0 Å². The predicted octanol–water partition coefficient (Wildman–Crippen LogP) is -0.941. The molecule has 0 aromatic rings. The van der Waals surface area contributed by atoms with Gasteiger partial charge in [-0.15, -0.1) is 11.8 Å². The van der Waals surface area contributed by atoms with Crippen LogP contribution in [0, 0.1) is 0 Å². The third-order valence-corrected chi connectivity index (χ3v) is 2.28. The van der Waals surface area contributed by atoms with E-state index in [4.69, 9.17) is 23.8 Å². The normalized spacial score (nSPS) is 17.1. The van der Waals surface area contributed by atoms with E-state index in [2.05, 4.69) is 0 Å². The minimum absolute atomic E-state index is 0.0670. The van der Waals surface area contributed by atoms with E-state index >= 15 is 0 Å². The van der Waals surface area contributed by atoms with E-state index in [1.54, 1.807) is 0 Å². The van der Waals surface area contributed by atoms with Crippen molar-refractivity contribution in [3.05, 3.63) is 0 Å². The van der Waals surface area contributed by atoms with E-state index in [1.165, 1.54) is 0 Å². The molecule has 8 heteroatoms. The molecule has 0 aromatic heterocycles. The van der Waals surface area contributed by atoms with Gasteiger partial charge in [0, 0.05) is 8.45 Å². The van der Waals surface area contributed by atoms with Crippen LogP contribution in [0.25, 0.3) is 0 Å². The lowest BCUT2D eigenvalue weighted by molar-refractivity contribution is -0.142. The molecule has 0 rings (SSSR count). The molecule has 0 saturated heterocycles. The van der Waals surface area contributed by atoms with Gasteiger partial charge in [-0.3, -0.25) is 14.4 Å². The van der Waals surface area contributed by atoms with Crippen LogP contribution in [-0.4, -0.2) is 50.2 Å². The van der Waals surface area contributed by atoms with Crippen molar-refractivity contribution >= 4 is 29.7 Å². The molecule has 0 radical (unpaired) electrons. The molecule has 1 unspecified atom stereocenters. The van der Waals surface area contributed by atoms with Crippen LogP contribution in [0.15, 0.2) is 0 Å². The first-order valence-electron chi connectivity index (χ1n) is 4.68. The standard InChI is InChI=1S/C7H11NO6S/c8-3(6(11)12)2-15-4(7(13)14)1-5(9)10/h3-4H,1-2,8H2,(H,9,10)(H,11,12)(H,13,14)/t3-,4?/m0/s1/i2D2. The Morgan fingerprint density at radius 2 is 1.80 bits per heavy atom. The zero-order valence-electron chi connectivity index (χ0n) is 9.41. The lowest BCUT2D eigenvalue weighted by Crippen LogP contribution is -2.34. The fourth-order valence-electron chi connectivity index (χ4n) is 0.544. The lowest BCUT2D eigenvalue weighted by Gasteiger charge is -2.11. The molecule has 0 aliphatic rings. The van der Waals surface area contributed by atoms with Crippen molar-refractivity contribution in [3.8, 4) is 0 Å². The lowest BCUT2D eigenvalue weighted by atomic mass is 10.3. The van der Waals surface area contributed by atoms with Gasteiger partial charge in [0.25, 0.3) is 0 Å². The van der Waals surface area contributed by atoms with Gasteiger partial charge in [0.2, 0.25) is 0 Å². The first-order chi connectivity index (χ1) is 7.58. The summed E-state index contributed by atoms with van der Waals surface area (Å²) in [5.74, 6) is -4.61. The molecule has 0 aliphatic heterocycles. The second-order valence-corrected chi connectivity index (χ2v) is 3.52. The molecule has 0 spiro atoms. The Hall–Kier alpha value is -1.28. The Labute approximate surface area is 92.1 Å². The van der Waals surface area contributed by atoms with Crippen molar-refractivity contribution in [1.29, 1.82) is 0 Å². The SMILES string of the molecule is [2H]C([2H])(SC(CC(=O)O)C(=O)O)[C@H](N)C(=O)O. The van der Waals surface area contributed by atoms with Crippen molar-refractivity contribution in [3.63, 3.8) is 0 Å². The molecule has 5 N–H and O–H groups in total. The molecule has 0 amide bonds. The molecule has 0 aromatic carbocycles. The molecular formula is C7H11NO6S. The smallest absolute Gasteiger partial charge is 0.321 e. The highest BCUT2D eigenvalue weighted by molar-refractivity contribution is 8.00. The summed E-state index contributed by atoms with van der Waals surface area (Å²) in [5, 5.41) is 24.0. The maximum Gasteiger partial charge on any atom is 0.321 e. The van der Waals surface area contributed by atoms with E-state index in [1.807, 2.05) is 0 Å². The van der Waals surface area contributed by atoms with Crippen molar-refractivity contribution < 1.29 is 32.4 Å². The second kappa shape index (κ2) is 6.25. The summed E-state index contributed by atoms with van der Waals surface area (Å²) in [5.41, 5.74) is 2.46. The fraction of sp³-hybridized carbons (Fsp3) is 0.571. The van der Waals surface area contributed by atoms with Crippen LogP contribution in [0.4, 0.5) is 0 Å². The number of carboxylic acid groups (broad SMARTS) is 3. The Kier molecular flexibility index (Phi) is 4.27. The minimum Gasteiger partial charge on any atom is -0.481 e. The van der Waals surface area contributed by atoms with E-state index in [-0.39, 0.29) is 11.8 Å². The van der Waals surface area contributed by atoms with Gasteiger partial charge < -0.3 is 21.1 Å². The number of hydrogen-bond acceptors (Lipinski definition) is 5. The summed E-state index contributed by atoms with van der Waals surface area (Å²) in [7, 11) is 0. The van der Waals surface area contributed by atoms with Gasteiger partial charge in [0.1, 0.15) is 11.3 Å². The van der Waals surface area contributed by atoms with Crippen LogP contribution in [0.2, 0.25) is 0 Å². The maximum atomic E-state index is 10.7. The molecular weight excluding hydrogens is 226 g/mol. The Morgan fingerprint density at radius 1 is 1.27 bits per heavy atom. The summed E-state index contributed by atoms with van der Waals surface area (Å²) in [6.45, 7) is 0. The van der Waals surface area contributed by atoms with Crippen molar-refractivity contribution in [2.45, 2.75) is 17.7 Å². The van der Waals surface area contributed by atoms with Crippen molar-refractivity contribution in [2.75, 3.05) is 5.70 Å². The Morgan fingerprint density at radius 3 is 2.13 bits per heavy atom. The summed E-state index contributed by atoms with van der Waals surface area (Å²) in [6.07, 6.45) is -0.828. The topological polar surface area (TPSA) is 138 Å². The van der Waals surface area contributed by atoms with Gasteiger partial charge in [-0.25, -0.2) is 0 Å². The number of aliphatic carboxylic acids is 3. The molecule has 7 nitrogen and oxygen atoms in total. The third kappa shape index (κ3) is 5.92. The maximum absolute atomic E-state index is 10.7. The average molecular weight is 239 g/mol.